The van der Waals surface area contributed by atoms with E-state index in [9.17, 15) is 0 Å². The van der Waals surface area contributed by atoms with Gasteiger partial charge in [0.25, 0.3) is 0 Å². The second-order valence-corrected chi connectivity index (χ2v) is 6.20. The van der Waals surface area contributed by atoms with Crippen molar-refractivity contribution in [2.45, 2.75) is 40.2 Å². The molecule has 1 rings (SSSR count). The van der Waals surface area contributed by atoms with Crippen molar-refractivity contribution < 1.29 is 4.74 Å². The van der Waals surface area contributed by atoms with E-state index in [0.29, 0.717) is 0 Å². The maximum atomic E-state index is 5.76. The van der Waals surface area contributed by atoms with Crippen LogP contribution in [0, 0.1) is 5.41 Å². The molecule has 3 nitrogen and oxygen atoms in total. The molecular weight excluding hydrogens is 236 g/mol. The Labute approximate surface area is 117 Å². The summed E-state index contributed by atoms with van der Waals surface area (Å²) in [7, 11) is 2.12. The topological polar surface area (TPSA) is 38.5 Å². The third-order valence-corrected chi connectivity index (χ3v) is 3.33. The largest absolute Gasteiger partial charge is 0.491 e. The van der Waals surface area contributed by atoms with Crippen LogP contribution in [0.4, 0.5) is 5.69 Å². The first kappa shape index (κ1) is 15.8. The highest BCUT2D eigenvalue weighted by atomic mass is 16.5. The lowest BCUT2D eigenvalue weighted by Crippen LogP contribution is -2.29. The van der Waals surface area contributed by atoms with Gasteiger partial charge in [-0.05, 0) is 56.5 Å². The van der Waals surface area contributed by atoms with E-state index in [4.69, 9.17) is 10.5 Å². The number of ether oxygens (including phenoxy) is 1. The standard InChI is InChI=1S/C16H28N2O/c1-13(2)19-15-8-6-14(7-9-15)18(5)11-10-16(3,4)12-17/h6-9,13H,10-12,17H2,1-5H3. The quantitative estimate of drug-likeness (QED) is 0.821. The molecule has 0 aliphatic rings. The zero-order chi connectivity index (χ0) is 14.5. The smallest absolute Gasteiger partial charge is 0.119 e. The molecule has 0 heterocycles. The van der Waals surface area contributed by atoms with E-state index in [1.54, 1.807) is 0 Å². The molecule has 1 aromatic rings. The van der Waals surface area contributed by atoms with Gasteiger partial charge in [-0.15, -0.1) is 0 Å². The Morgan fingerprint density at radius 3 is 2.26 bits per heavy atom. The molecule has 0 bridgehead atoms. The van der Waals surface area contributed by atoms with E-state index < -0.39 is 0 Å². The van der Waals surface area contributed by atoms with Crippen molar-refractivity contribution in [2.24, 2.45) is 11.1 Å². The maximum absolute atomic E-state index is 5.76. The summed E-state index contributed by atoms with van der Waals surface area (Å²) in [4.78, 5) is 2.26. The third-order valence-electron chi connectivity index (χ3n) is 3.33. The minimum absolute atomic E-state index is 0.203. The monoisotopic (exact) mass is 264 g/mol. The molecule has 0 aliphatic carbocycles. The van der Waals surface area contributed by atoms with Crippen molar-refractivity contribution in [2.75, 3.05) is 25.0 Å². The minimum atomic E-state index is 0.203. The van der Waals surface area contributed by atoms with Gasteiger partial charge in [-0.2, -0.15) is 0 Å². The van der Waals surface area contributed by atoms with Gasteiger partial charge in [-0.25, -0.2) is 0 Å². The predicted molar refractivity (Wildman–Crippen MR) is 82.9 cm³/mol. The first-order valence-electron chi connectivity index (χ1n) is 7.02. The van der Waals surface area contributed by atoms with Crippen molar-refractivity contribution in [3.8, 4) is 5.75 Å². The molecule has 108 valence electrons. The number of rotatable bonds is 7. The maximum Gasteiger partial charge on any atom is 0.119 e. The van der Waals surface area contributed by atoms with Crippen molar-refractivity contribution in [1.29, 1.82) is 0 Å². The lowest BCUT2D eigenvalue weighted by Gasteiger charge is -2.27. The molecule has 0 unspecified atom stereocenters. The summed E-state index contributed by atoms with van der Waals surface area (Å²) in [6.45, 7) is 10.2. The minimum Gasteiger partial charge on any atom is -0.491 e. The number of anilines is 1. The molecule has 19 heavy (non-hydrogen) atoms. The molecule has 0 radical (unpaired) electrons. The van der Waals surface area contributed by atoms with E-state index in [1.165, 1.54) is 5.69 Å². The lowest BCUT2D eigenvalue weighted by atomic mass is 9.89. The van der Waals surface area contributed by atoms with Gasteiger partial charge < -0.3 is 15.4 Å². The van der Waals surface area contributed by atoms with Gasteiger partial charge >= 0.3 is 0 Å². The normalized spacial score (nSPS) is 11.7. The molecule has 3 heteroatoms. The third kappa shape index (κ3) is 5.52. The zero-order valence-electron chi connectivity index (χ0n) is 12.9. The summed E-state index contributed by atoms with van der Waals surface area (Å²) in [6.07, 6.45) is 1.30. The van der Waals surface area contributed by atoms with Crippen LogP contribution in [-0.4, -0.2) is 26.2 Å². The van der Waals surface area contributed by atoms with Gasteiger partial charge in [0.2, 0.25) is 0 Å². The van der Waals surface area contributed by atoms with Crippen LogP contribution in [0.15, 0.2) is 24.3 Å². The van der Waals surface area contributed by atoms with E-state index in [1.807, 2.05) is 26.0 Å². The number of nitrogens with two attached hydrogens (primary N) is 1. The zero-order valence-corrected chi connectivity index (χ0v) is 12.9. The molecule has 0 atom stereocenters. The van der Waals surface area contributed by atoms with Gasteiger partial charge in [-0.1, -0.05) is 13.8 Å². The molecule has 0 saturated carbocycles. The van der Waals surface area contributed by atoms with E-state index >= 15 is 0 Å². The SMILES string of the molecule is CC(C)Oc1ccc(N(C)CCC(C)(C)CN)cc1. The lowest BCUT2D eigenvalue weighted by molar-refractivity contribution is 0.242. The Balaban J connectivity index is 2.55. The van der Waals surface area contributed by atoms with Crippen molar-refractivity contribution >= 4 is 5.69 Å². The van der Waals surface area contributed by atoms with Gasteiger partial charge in [0.15, 0.2) is 0 Å². The molecule has 0 fully saturated rings. The summed E-state index contributed by atoms with van der Waals surface area (Å²) < 4.78 is 5.65. The Hall–Kier alpha value is -1.22. The second kappa shape index (κ2) is 6.80. The van der Waals surface area contributed by atoms with E-state index in [2.05, 4.69) is 37.9 Å². The van der Waals surface area contributed by atoms with E-state index in [-0.39, 0.29) is 11.5 Å². The molecule has 0 aromatic heterocycles. The predicted octanol–water partition coefficient (Wildman–Crippen LogP) is 3.29. The summed E-state index contributed by atoms with van der Waals surface area (Å²) >= 11 is 0. The van der Waals surface area contributed by atoms with Crippen LogP contribution in [0.3, 0.4) is 0 Å². The number of hydrogen-bond acceptors (Lipinski definition) is 3. The summed E-state index contributed by atoms with van der Waals surface area (Å²) in [5.74, 6) is 0.925. The van der Waals surface area contributed by atoms with Crippen LogP contribution in [0.1, 0.15) is 34.1 Å². The number of benzene rings is 1. The Kier molecular flexibility index (Phi) is 5.67. The summed E-state index contributed by atoms with van der Waals surface area (Å²) in [5, 5.41) is 0. The number of nitrogens with zero attached hydrogens (tertiary/aromatic N) is 1. The fourth-order valence-corrected chi connectivity index (χ4v) is 1.75. The van der Waals surface area contributed by atoms with Crippen molar-refractivity contribution in [3.05, 3.63) is 24.3 Å². The fourth-order valence-electron chi connectivity index (χ4n) is 1.75. The molecule has 2 N–H and O–H groups in total. The molecular formula is C16H28N2O. The van der Waals surface area contributed by atoms with Gasteiger partial charge in [0.1, 0.15) is 5.75 Å². The Bertz CT molecular complexity index is 371. The van der Waals surface area contributed by atoms with Crippen LogP contribution in [0.25, 0.3) is 0 Å². The molecule has 0 aliphatic heterocycles. The van der Waals surface area contributed by atoms with E-state index in [0.717, 1.165) is 25.3 Å². The van der Waals surface area contributed by atoms with Crippen molar-refractivity contribution in [1.82, 2.24) is 0 Å². The van der Waals surface area contributed by atoms with Crippen LogP contribution in [0.5, 0.6) is 5.75 Å². The van der Waals surface area contributed by atoms with Gasteiger partial charge in [0.05, 0.1) is 6.10 Å². The second-order valence-electron chi connectivity index (χ2n) is 6.20. The first-order chi connectivity index (χ1) is 8.84. The van der Waals surface area contributed by atoms with Crippen LogP contribution in [-0.2, 0) is 0 Å². The average Bonchev–Trinajstić information content (AvgIpc) is 2.36. The Morgan fingerprint density at radius 1 is 1.21 bits per heavy atom. The Morgan fingerprint density at radius 2 is 1.79 bits per heavy atom. The van der Waals surface area contributed by atoms with Gasteiger partial charge in [-0.3, -0.25) is 0 Å². The van der Waals surface area contributed by atoms with Crippen LogP contribution < -0.4 is 15.4 Å². The highest BCUT2D eigenvalue weighted by molar-refractivity contribution is 5.48. The number of hydrogen-bond donors (Lipinski definition) is 1. The highest BCUT2D eigenvalue weighted by Gasteiger charge is 2.16. The highest BCUT2D eigenvalue weighted by Crippen LogP contribution is 2.23. The molecule has 0 saturated heterocycles. The molecule has 0 spiro atoms. The van der Waals surface area contributed by atoms with Crippen LogP contribution >= 0.6 is 0 Å². The van der Waals surface area contributed by atoms with Gasteiger partial charge in [0, 0.05) is 19.3 Å². The summed E-state index contributed by atoms with van der Waals surface area (Å²) in [5.41, 5.74) is 7.18. The first-order valence-corrected chi connectivity index (χ1v) is 7.02. The molecule has 0 amide bonds. The van der Waals surface area contributed by atoms with Crippen LogP contribution in [0.2, 0.25) is 0 Å². The average molecular weight is 264 g/mol. The summed E-state index contributed by atoms with van der Waals surface area (Å²) in [6, 6.07) is 8.26. The van der Waals surface area contributed by atoms with Crippen molar-refractivity contribution in [3.63, 3.8) is 0 Å². The molecule has 1 aromatic carbocycles. The fraction of sp³-hybridized carbons (Fsp3) is 0.625.